The molecule has 1 heteroatoms. The Labute approximate surface area is 79.4 Å². The number of aliphatic hydroxyl groups is 1. The molecule has 1 N–H and O–H groups in total. The van der Waals surface area contributed by atoms with Crippen LogP contribution in [0.15, 0.2) is 24.3 Å². The molecule has 1 atom stereocenters. The molecule has 0 saturated heterocycles. The molecule has 0 amide bonds. The molecule has 0 spiro atoms. The first-order chi connectivity index (χ1) is 6.27. The van der Waals surface area contributed by atoms with E-state index in [0.29, 0.717) is 0 Å². The van der Waals surface area contributed by atoms with E-state index in [4.69, 9.17) is 6.42 Å². The van der Waals surface area contributed by atoms with E-state index in [1.807, 2.05) is 24.3 Å². The minimum Gasteiger partial charge on any atom is -0.388 e. The summed E-state index contributed by atoms with van der Waals surface area (Å²) in [5.74, 6) is 2.54. The molecule has 1 unspecified atom stereocenters. The Bertz CT molecular complexity index is 292. The van der Waals surface area contributed by atoms with Crippen molar-refractivity contribution in [3.8, 4) is 12.3 Å². The lowest BCUT2D eigenvalue weighted by atomic mass is 10.0. The van der Waals surface area contributed by atoms with E-state index >= 15 is 0 Å². The fourth-order valence-corrected chi connectivity index (χ4v) is 1.24. The van der Waals surface area contributed by atoms with Crippen molar-refractivity contribution < 1.29 is 5.11 Å². The molecule has 0 saturated carbocycles. The predicted octanol–water partition coefficient (Wildman–Crippen LogP) is 2.50. The smallest absolute Gasteiger partial charge is 0.0790 e. The quantitative estimate of drug-likeness (QED) is 0.698. The number of aliphatic hydroxyl groups excluding tert-OH is 1. The van der Waals surface area contributed by atoms with Gasteiger partial charge in [0.2, 0.25) is 0 Å². The third kappa shape index (κ3) is 2.61. The molecule has 0 aliphatic carbocycles. The normalized spacial score (nSPS) is 12.1. The van der Waals surface area contributed by atoms with Crippen LogP contribution in [-0.2, 0) is 0 Å². The first-order valence-electron chi connectivity index (χ1n) is 4.52. The Hall–Kier alpha value is -1.26. The van der Waals surface area contributed by atoms with E-state index in [0.717, 1.165) is 24.0 Å². The van der Waals surface area contributed by atoms with Gasteiger partial charge in [0.15, 0.2) is 0 Å². The van der Waals surface area contributed by atoms with Gasteiger partial charge in [0.25, 0.3) is 0 Å². The SMILES string of the molecule is C#Cc1ccc(C(O)CCC)cc1. The van der Waals surface area contributed by atoms with Gasteiger partial charge in [-0.2, -0.15) is 0 Å². The highest BCUT2D eigenvalue weighted by Crippen LogP contribution is 2.17. The second-order valence-electron chi connectivity index (χ2n) is 3.07. The van der Waals surface area contributed by atoms with Gasteiger partial charge in [-0.1, -0.05) is 31.4 Å². The molecule has 1 aromatic rings. The van der Waals surface area contributed by atoms with Gasteiger partial charge in [-0.25, -0.2) is 0 Å². The Morgan fingerprint density at radius 3 is 2.46 bits per heavy atom. The summed E-state index contributed by atoms with van der Waals surface area (Å²) in [6.07, 6.45) is 6.66. The van der Waals surface area contributed by atoms with Crippen molar-refractivity contribution in [3.63, 3.8) is 0 Å². The molecule has 1 aromatic carbocycles. The molecule has 13 heavy (non-hydrogen) atoms. The average molecular weight is 174 g/mol. The van der Waals surface area contributed by atoms with Gasteiger partial charge in [-0.3, -0.25) is 0 Å². The predicted molar refractivity (Wildman–Crippen MR) is 54.2 cm³/mol. The molecule has 0 bridgehead atoms. The monoisotopic (exact) mass is 174 g/mol. The molecule has 0 heterocycles. The molecule has 68 valence electrons. The number of hydrogen-bond donors (Lipinski definition) is 1. The van der Waals surface area contributed by atoms with Crippen LogP contribution in [0.4, 0.5) is 0 Å². The summed E-state index contributed by atoms with van der Waals surface area (Å²) >= 11 is 0. The molecule has 0 radical (unpaired) electrons. The lowest BCUT2D eigenvalue weighted by molar-refractivity contribution is 0.166. The first-order valence-corrected chi connectivity index (χ1v) is 4.52. The highest BCUT2D eigenvalue weighted by Gasteiger charge is 2.04. The standard InChI is InChI=1S/C12H14O/c1-3-5-12(13)11-8-6-10(4-2)7-9-11/h2,6-9,12-13H,3,5H2,1H3. The van der Waals surface area contributed by atoms with E-state index < -0.39 is 0 Å². The summed E-state index contributed by atoms with van der Waals surface area (Å²) in [6.45, 7) is 2.05. The summed E-state index contributed by atoms with van der Waals surface area (Å²) in [5.41, 5.74) is 1.80. The zero-order valence-corrected chi connectivity index (χ0v) is 7.83. The van der Waals surface area contributed by atoms with Crippen LogP contribution in [0, 0.1) is 12.3 Å². The summed E-state index contributed by atoms with van der Waals surface area (Å²) < 4.78 is 0. The second kappa shape index (κ2) is 4.69. The third-order valence-corrected chi connectivity index (χ3v) is 2.02. The van der Waals surface area contributed by atoms with Gasteiger partial charge in [0.1, 0.15) is 0 Å². The van der Waals surface area contributed by atoms with E-state index in [-0.39, 0.29) is 6.10 Å². The van der Waals surface area contributed by atoms with Crippen molar-refractivity contribution in [2.24, 2.45) is 0 Å². The first kappa shape index (κ1) is 9.83. The topological polar surface area (TPSA) is 20.2 Å². The minimum absolute atomic E-state index is 0.350. The number of benzene rings is 1. The Morgan fingerprint density at radius 2 is 2.00 bits per heavy atom. The Morgan fingerprint density at radius 1 is 1.38 bits per heavy atom. The highest BCUT2D eigenvalue weighted by atomic mass is 16.3. The number of hydrogen-bond acceptors (Lipinski definition) is 1. The average Bonchev–Trinajstić information content (AvgIpc) is 2.18. The number of rotatable bonds is 3. The van der Waals surface area contributed by atoms with Gasteiger partial charge in [-0.05, 0) is 24.1 Å². The molecular formula is C12H14O. The van der Waals surface area contributed by atoms with Crippen LogP contribution in [0.2, 0.25) is 0 Å². The van der Waals surface area contributed by atoms with Crippen LogP contribution in [0.25, 0.3) is 0 Å². The Balaban J connectivity index is 2.75. The van der Waals surface area contributed by atoms with Crippen LogP contribution in [-0.4, -0.2) is 5.11 Å². The van der Waals surface area contributed by atoms with E-state index in [2.05, 4.69) is 12.8 Å². The van der Waals surface area contributed by atoms with Crippen molar-refractivity contribution in [1.82, 2.24) is 0 Å². The zero-order valence-electron chi connectivity index (χ0n) is 7.83. The minimum atomic E-state index is -0.350. The molecule has 0 fully saturated rings. The lowest BCUT2D eigenvalue weighted by Gasteiger charge is -2.08. The van der Waals surface area contributed by atoms with Crippen molar-refractivity contribution in [3.05, 3.63) is 35.4 Å². The highest BCUT2D eigenvalue weighted by molar-refractivity contribution is 5.34. The lowest BCUT2D eigenvalue weighted by Crippen LogP contribution is -1.95. The summed E-state index contributed by atoms with van der Waals surface area (Å²) in [6, 6.07) is 7.48. The van der Waals surface area contributed by atoms with Gasteiger partial charge in [-0.15, -0.1) is 6.42 Å². The zero-order chi connectivity index (χ0) is 9.68. The molecular weight excluding hydrogens is 160 g/mol. The van der Waals surface area contributed by atoms with Crippen LogP contribution >= 0.6 is 0 Å². The van der Waals surface area contributed by atoms with Gasteiger partial charge < -0.3 is 5.11 Å². The van der Waals surface area contributed by atoms with Gasteiger partial charge in [0, 0.05) is 5.56 Å². The van der Waals surface area contributed by atoms with Crippen molar-refractivity contribution >= 4 is 0 Å². The molecule has 0 aliphatic heterocycles. The van der Waals surface area contributed by atoms with E-state index in [9.17, 15) is 5.11 Å². The van der Waals surface area contributed by atoms with Gasteiger partial charge >= 0.3 is 0 Å². The maximum Gasteiger partial charge on any atom is 0.0790 e. The van der Waals surface area contributed by atoms with E-state index in [1.165, 1.54) is 0 Å². The second-order valence-corrected chi connectivity index (χ2v) is 3.07. The molecule has 0 aliphatic rings. The fraction of sp³-hybridized carbons (Fsp3) is 0.333. The number of terminal acetylenes is 1. The summed E-state index contributed by atoms with van der Waals surface area (Å²) in [7, 11) is 0. The third-order valence-electron chi connectivity index (χ3n) is 2.02. The van der Waals surface area contributed by atoms with E-state index in [1.54, 1.807) is 0 Å². The maximum absolute atomic E-state index is 9.63. The molecule has 0 aromatic heterocycles. The van der Waals surface area contributed by atoms with Crippen molar-refractivity contribution in [1.29, 1.82) is 0 Å². The molecule has 1 rings (SSSR count). The fourth-order valence-electron chi connectivity index (χ4n) is 1.24. The summed E-state index contributed by atoms with van der Waals surface area (Å²) in [4.78, 5) is 0. The van der Waals surface area contributed by atoms with Crippen LogP contribution in [0.5, 0.6) is 0 Å². The largest absolute Gasteiger partial charge is 0.388 e. The van der Waals surface area contributed by atoms with Crippen LogP contribution in [0.3, 0.4) is 0 Å². The van der Waals surface area contributed by atoms with Gasteiger partial charge in [0.05, 0.1) is 6.10 Å². The van der Waals surface area contributed by atoms with Crippen LogP contribution < -0.4 is 0 Å². The Kier molecular flexibility index (Phi) is 3.54. The van der Waals surface area contributed by atoms with Crippen LogP contribution in [0.1, 0.15) is 37.0 Å². The maximum atomic E-state index is 9.63. The van der Waals surface area contributed by atoms with Crippen molar-refractivity contribution in [2.75, 3.05) is 0 Å². The molecule has 1 nitrogen and oxygen atoms in total. The summed E-state index contributed by atoms with van der Waals surface area (Å²) in [5, 5.41) is 9.63. The van der Waals surface area contributed by atoms with Crippen molar-refractivity contribution in [2.45, 2.75) is 25.9 Å².